The minimum absolute atomic E-state index is 0. The van der Waals surface area contributed by atoms with Crippen molar-refractivity contribution < 1.29 is 34.4 Å². The van der Waals surface area contributed by atoms with E-state index in [1.165, 1.54) is 33.2 Å². The number of benzene rings is 4. The van der Waals surface area contributed by atoms with Crippen molar-refractivity contribution in [3.63, 3.8) is 0 Å². The van der Waals surface area contributed by atoms with Gasteiger partial charge in [-0.3, -0.25) is 9.78 Å². The van der Waals surface area contributed by atoms with Crippen LogP contribution in [0.2, 0.25) is 19.6 Å². The summed E-state index contributed by atoms with van der Waals surface area (Å²) >= 11 is 0. The van der Waals surface area contributed by atoms with Crippen LogP contribution in [-0.4, -0.2) is 28.9 Å². The summed E-state index contributed by atoms with van der Waals surface area (Å²) in [7, 11) is -1.54. The number of para-hydroxylation sites is 1. The molecule has 7 heteroatoms. The first-order valence-corrected chi connectivity index (χ1v) is 22.4. The first-order chi connectivity index (χ1) is 24.4. The molecule has 0 bridgehead atoms. The van der Waals surface area contributed by atoms with Crippen LogP contribution in [0.15, 0.2) is 64.8 Å². The average Bonchev–Trinajstić information content (AvgIpc) is 3.50. The number of aliphatic hydroxyl groups excluding tert-OH is 1. The van der Waals surface area contributed by atoms with Gasteiger partial charge >= 0.3 is 0 Å². The van der Waals surface area contributed by atoms with Crippen LogP contribution in [0.25, 0.3) is 54.9 Å². The first-order valence-electron chi connectivity index (χ1n) is 18.9. The summed E-state index contributed by atoms with van der Waals surface area (Å²) in [5, 5.41) is 17.4. The number of allylic oxidation sites excluding steroid dienone is 2. The zero-order chi connectivity index (χ0) is 38.3. The van der Waals surface area contributed by atoms with Gasteiger partial charge in [0, 0.05) is 53.5 Å². The SMILES string of the molecule is CCC(C)(CC)C(=O)/C=C(\O)C(C)(CC)CC.Cc1nc(-c2[c-]cc(C)c3c2oc2ccccc23)c2ccc3cc(C)c([Si](C)(C)C)c(C)c3c2n1.[Ir]. The Bertz CT molecular complexity index is 2340. The predicted octanol–water partition coefficient (Wildman–Crippen LogP) is 12.6. The monoisotopic (exact) mass is 906 g/mol. The van der Waals surface area contributed by atoms with Crippen LogP contribution in [-0.2, 0) is 24.9 Å². The summed E-state index contributed by atoms with van der Waals surface area (Å²) in [5.74, 6) is 1.04. The Labute approximate surface area is 331 Å². The molecule has 4 aromatic carbocycles. The van der Waals surface area contributed by atoms with Crippen LogP contribution in [0.1, 0.15) is 89.7 Å². The van der Waals surface area contributed by atoms with Crippen LogP contribution in [0.3, 0.4) is 0 Å². The number of aliphatic hydroxyl groups is 1. The van der Waals surface area contributed by atoms with Crippen molar-refractivity contribution in [1.29, 1.82) is 0 Å². The molecule has 2 heterocycles. The Kier molecular flexibility index (Phi) is 12.7. The smallest absolute Gasteiger partial charge is 0.164 e. The van der Waals surface area contributed by atoms with E-state index in [1.54, 1.807) is 0 Å². The number of ketones is 1. The van der Waals surface area contributed by atoms with Crippen LogP contribution < -0.4 is 5.19 Å². The molecule has 0 fully saturated rings. The minimum Gasteiger partial charge on any atom is -0.512 e. The zero-order valence-corrected chi connectivity index (χ0v) is 37.4. The molecule has 5 nitrogen and oxygen atoms in total. The van der Waals surface area contributed by atoms with Gasteiger partial charge in [-0.1, -0.05) is 126 Å². The van der Waals surface area contributed by atoms with Crippen molar-refractivity contribution in [3.8, 4) is 11.3 Å². The van der Waals surface area contributed by atoms with Crippen molar-refractivity contribution in [1.82, 2.24) is 9.97 Å². The van der Waals surface area contributed by atoms with E-state index in [9.17, 15) is 9.90 Å². The molecule has 6 aromatic rings. The van der Waals surface area contributed by atoms with E-state index in [-0.39, 0.29) is 42.5 Å². The van der Waals surface area contributed by atoms with Crippen molar-refractivity contribution >= 4 is 62.7 Å². The van der Waals surface area contributed by atoms with E-state index in [0.29, 0.717) is 0 Å². The van der Waals surface area contributed by atoms with Crippen LogP contribution in [0.5, 0.6) is 0 Å². The van der Waals surface area contributed by atoms with Crippen molar-refractivity contribution in [3.05, 3.63) is 88.9 Å². The van der Waals surface area contributed by atoms with E-state index in [2.05, 4.69) is 82.9 Å². The molecule has 1 radical (unpaired) electrons. The van der Waals surface area contributed by atoms with Crippen LogP contribution >= 0.6 is 0 Å². The molecular weight excluding hydrogens is 849 g/mol. The molecule has 6 rings (SSSR count). The second-order valence-corrected chi connectivity index (χ2v) is 21.2. The molecule has 0 saturated carbocycles. The van der Waals surface area contributed by atoms with Gasteiger partial charge < -0.3 is 9.52 Å². The van der Waals surface area contributed by atoms with Gasteiger partial charge in [0.15, 0.2) is 5.78 Å². The fourth-order valence-corrected chi connectivity index (χ4v) is 10.2. The summed E-state index contributed by atoms with van der Waals surface area (Å²) in [6.07, 6.45) is 4.75. The summed E-state index contributed by atoms with van der Waals surface area (Å²) in [4.78, 5) is 22.1. The second kappa shape index (κ2) is 16.0. The van der Waals surface area contributed by atoms with Crippen molar-refractivity contribution in [2.75, 3.05) is 0 Å². The third kappa shape index (κ3) is 7.81. The number of rotatable bonds is 9. The molecule has 53 heavy (non-hydrogen) atoms. The molecular formula is C46H57IrN2O3Si-. The topological polar surface area (TPSA) is 76.2 Å². The molecule has 0 aliphatic heterocycles. The van der Waals surface area contributed by atoms with Gasteiger partial charge in [-0.15, -0.1) is 17.7 Å². The summed E-state index contributed by atoms with van der Waals surface area (Å²) in [6, 6.07) is 20.5. The first kappa shape index (κ1) is 42.1. The molecule has 283 valence electrons. The maximum atomic E-state index is 12.2. The van der Waals surface area contributed by atoms with Crippen molar-refractivity contribution in [2.45, 2.75) is 115 Å². The number of hydrogen-bond donors (Lipinski definition) is 1. The maximum absolute atomic E-state index is 12.2. The maximum Gasteiger partial charge on any atom is 0.164 e. The quantitative estimate of drug-likeness (QED) is 0.0514. The number of carbonyl (C=O) groups is 1. The standard InChI is InChI=1S/C31H29N2OSi.C15H28O2.Ir/c1-17-12-14-24(30-26(17)22-10-8-9-11-25(22)34-30)28-23-15-13-21-16-18(2)31(35(5,6)7)19(3)27(21)29(23)33-20(4)32-28;1-7-14(5,8-2)12(16)11-13(17)15(6,9-3)10-4;/h8-13,15-16H,1-7H3;11,16H,7-10H2,1-6H3;/q-1;;/b;12-11-;. The number of hydrogen-bond acceptors (Lipinski definition) is 5. The van der Waals surface area contributed by atoms with Crippen LogP contribution in [0, 0.1) is 44.6 Å². The molecule has 0 aliphatic carbocycles. The van der Waals surface area contributed by atoms with Gasteiger partial charge in [-0.2, -0.15) is 0 Å². The van der Waals surface area contributed by atoms with Gasteiger partial charge in [0.2, 0.25) is 0 Å². The van der Waals surface area contributed by atoms with E-state index >= 15 is 0 Å². The van der Waals surface area contributed by atoms with Crippen molar-refractivity contribution in [2.24, 2.45) is 10.8 Å². The zero-order valence-electron chi connectivity index (χ0n) is 34.0. The molecule has 2 aromatic heterocycles. The number of nitrogens with zero attached hydrogens (tertiary/aromatic N) is 2. The largest absolute Gasteiger partial charge is 0.512 e. The molecule has 0 aliphatic rings. The number of aryl methyl sites for hydroxylation is 4. The molecule has 0 atom stereocenters. The summed E-state index contributed by atoms with van der Waals surface area (Å²) in [5.41, 5.74) is 7.81. The second-order valence-electron chi connectivity index (χ2n) is 16.2. The third-order valence-electron chi connectivity index (χ3n) is 11.8. The van der Waals surface area contributed by atoms with Gasteiger partial charge in [0.1, 0.15) is 17.2 Å². The van der Waals surface area contributed by atoms with Gasteiger partial charge in [0.25, 0.3) is 0 Å². The fourth-order valence-electron chi connectivity index (χ4n) is 7.70. The molecule has 0 spiro atoms. The van der Waals surface area contributed by atoms with E-state index in [1.807, 2.05) is 60.6 Å². The Morgan fingerprint density at radius 1 is 0.849 bits per heavy atom. The van der Waals surface area contributed by atoms with Gasteiger partial charge in [0.05, 0.1) is 19.2 Å². The van der Waals surface area contributed by atoms with Gasteiger partial charge in [-0.25, -0.2) is 4.98 Å². The Morgan fingerprint density at radius 3 is 2.08 bits per heavy atom. The normalized spacial score (nSPS) is 12.7. The third-order valence-corrected chi connectivity index (χ3v) is 14.0. The van der Waals surface area contributed by atoms with E-state index in [0.717, 1.165) is 81.2 Å². The Morgan fingerprint density at radius 2 is 1.47 bits per heavy atom. The van der Waals surface area contributed by atoms with E-state index < -0.39 is 8.07 Å². The predicted molar refractivity (Wildman–Crippen MR) is 224 cm³/mol. The molecule has 0 unspecified atom stereocenters. The molecule has 0 saturated heterocycles. The Balaban J connectivity index is 0.000000299. The average molecular weight is 906 g/mol. The van der Waals surface area contributed by atoms with Gasteiger partial charge in [-0.05, 0) is 68.9 Å². The Hall–Kier alpha value is -3.64. The van der Waals surface area contributed by atoms with Crippen LogP contribution in [0.4, 0.5) is 0 Å². The summed E-state index contributed by atoms with van der Waals surface area (Å²) in [6.45, 7) is 28.0. The molecule has 0 amide bonds. The molecule has 1 N–H and O–H groups in total. The summed E-state index contributed by atoms with van der Waals surface area (Å²) < 4.78 is 6.41. The van der Waals surface area contributed by atoms with E-state index in [4.69, 9.17) is 14.4 Å². The number of fused-ring (bicyclic) bond motifs is 6. The number of aromatic nitrogens is 2. The fraction of sp³-hybridized carbons (Fsp3) is 0.413. The minimum atomic E-state index is -1.54. The number of furan rings is 1. The number of carbonyl (C=O) groups excluding carboxylic acids is 1.